The third-order valence-electron chi connectivity index (χ3n) is 3.05. The van der Waals surface area contributed by atoms with E-state index in [0.29, 0.717) is 13.1 Å². The van der Waals surface area contributed by atoms with Gasteiger partial charge in [-0.3, -0.25) is 0 Å². The van der Waals surface area contributed by atoms with Gasteiger partial charge in [-0.25, -0.2) is 4.79 Å². The molecule has 0 saturated carbocycles. The highest BCUT2D eigenvalue weighted by molar-refractivity contribution is 6.33. The first-order valence-corrected chi connectivity index (χ1v) is 6.62. The van der Waals surface area contributed by atoms with Gasteiger partial charge < -0.3 is 19.6 Å². The highest BCUT2D eigenvalue weighted by Crippen LogP contribution is 2.26. The van der Waals surface area contributed by atoms with Crippen molar-refractivity contribution in [3.63, 3.8) is 0 Å². The molecule has 1 aliphatic heterocycles. The minimum absolute atomic E-state index is 0.0452. The third kappa shape index (κ3) is 3.52. The summed E-state index contributed by atoms with van der Waals surface area (Å²) < 4.78 is 4.89. The second kappa shape index (κ2) is 6.63. The van der Waals surface area contributed by atoms with E-state index in [0.717, 1.165) is 23.8 Å². The molecule has 2 rings (SSSR count). The van der Waals surface area contributed by atoms with Crippen LogP contribution in [-0.2, 0) is 4.74 Å². The minimum Gasteiger partial charge on any atom is -0.447 e. The lowest BCUT2D eigenvalue weighted by Crippen LogP contribution is -2.49. The van der Waals surface area contributed by atoms with Crippen molar-refractivity contribution in [1.29, 1.82) is 0 Å². The highest BCUT2D eigenvalue weighted by atomic mass is 35.5. The lowest BCUT2D eigenvalue weighted by molar-refractivity contribution is 0.0826. The van der Waals surface area contributed by atoms with Gasteiger partial charge in [0.05, 0.1) is 17.3 Å². The van der Waals surface area contributed by atoms with Gasteiger partial charge in [-0.1, -0.05) is 23.7 Å². The first kappa shape index (κ1) is 14.0. The first-order chi connectivity index (χ1) is 9.22. The summed E-state index contributed by atoms with van der Waals surface area (Å²) in [6.45, 7) is 2.52. The summed E-state index contributed by atoms with van der Waals surface area (Å²) in [5.41, 5.74) is 0.993. The molecule has 0 unspecified atom stereocenters. The number of aliphatic hydroxyl groups is 1. The van der Waals surface area contributed by atoms with Crippen molar-refractivity contribution in [3.05, 3.63) is 29.3 Å². The van der Waals surface area contributed by atoms with Crippen LogP contribution in [0.25, 0.3) is 0 Å². The van der Waals surface area contributed by atoms with Gasteiger partial charge in [0.1, 0.15) is 6.61 Å². The molecular weight excluding hydrogens is 268 g/mol. The Morgan fingerprint density at radius 2 is 1.95 bits per heavy atom. The van der Waals surface area contributed by atoms with E-state index in [1.54, 1.807) is 4.90 Å². The predicted octanol–water partition coefficient (Wildman–Crippen LogP) is 1.59. The predicted molar refractivity (Wildman–Crippen MR) is 73.7 cm³/mol. The number of nitrogens with zero attached hydrogens (tertiary/aromatic N) is 2. The standard InChI is InChI=1S/C13H17ClN2O3/c14-11-3-1-2-4-12(11)15-5-7-16(8-6-15)13(18)19-10-9-17/h1-4,17H,5-10H2. The Balaban J connectivity index is 1.89. The van der Waals surface area contributed by atoms with Crippen LogP contribution in [0.15, 0.2) is 24.3 Å². The normalized spacial score (nSPS) is 15.5. The fourth-order valence-electron chi connectivity index (χ4n) is 2.06. The summed E-state index contributed by atoms with van der Waals surface area (Å²) in [7, 11) is 0. The third-order valence-corrected chi connectivity index (χ3v) is 3.37. The maximum absolute atomic E-state index is 11.6. The molecule has 1 saturated heterocycles. The molecule has 1 heterocycles. The molecule has 1 fully saturated rings. The van der Waals surface area contributed by atoms with Crippen molar-refractivity contribution in [3.8, 4) is 0 Å². The molecule has 0 spiro atoms. The van der Waals surface area contributed by atoms with Crippen molar-refractivity contribution >= 4 is 23.4 Å². The topological polar surface area (TPSA) is 53.0 Å². The molecule has 1 N–H and O–H groups in total. The van der Waals surface area contributed by atoms with Gasteiger partial charge in [-0.15, -0.1) is 0 Å². The molecule has 0 bridgehead atoms. The van der Waals surface area contributed by atoms with E-state index < -0.39 is 0 Å². The molecule has 1 aromatic rings. The number of carbonyl (C=O) groups is 1. The summed E-state index contributed by atoms with van der Waals surface area (Å²) in [6.07, 6.45) is -0.368. The minimum atomic E-state index is -0.368. The van der Waals surface area contributed by atoms with Gasteiger partial charge >= 0.3 is 6.09 Å². The van der Waals surface area contributed by atoms with Crippen LogP contribution in [0.4, 0.5) is 10.5 Å². The number of aliphatic hydroxyl groups excluding tert-OH is 1. The van der Waals surface area contributed by atoms with Gasteiger partial charge in [0.2, 0.25) is 0 Å². The first-order valence-electron chi connectivity index (χ1n) is 6.24. The van der Waals surface area contributed by atoms with Crippen LogP contribution in [-0.4, -0.2) is 55.5 Å². The Hall–Kier alpha value is -1.46. The number of para-hydroxylation sites is 1. The van der Waals surface area contributed by atoms with Gasteiger partial charge in [-0.2, -0.15) is 0 Å². The van der Waals surface area contributed by atoms with Crippen molar-refractivity contribution in [2.75, 3.05) is 44.3 Å². The highest BCUT2D eigenvalue weighted by Gasteiger charge is 2.22. The van der Waals surface area contributed by atoms with Crippen LogP contribution in [0.3, 0.4) is 0 Å². The monoisotopic (exact) mass is 284 g/mol. The van der Waals surface area contributed by atoms with E-state index in [4.69, 9.17) is 21.4 Å². The molecule has 5 nitrogen and oxygen atoms in total. The van der Waals surface area contributed by atoms with E-state index in [1.165, 1.54) is 0 Å². The zero-order valence-electron chi connectivity index (χ0n) is 10.6. The molecule has 1 aliphatic rings. The van der Waals surface area contributed by atoms with E-state index >= 15 is 0 Å². The maximum atomic E-state index is 11.6. The van der Waals surface area contributed by atoms with Crippen LogP contribution < -0.4 is 4.90 Å². The number of hydrogen-bond acceptors (Lipinski definition) is 4. The average molecular weight is 285 g/mol. The van der Waals surface area contributed by atoms with E-state index in [2.05, 4.69) is 4.90 Å². The summed E-state index contributed by atoms with van der Waals surface area (Å²) in [5.74, 6) is 0. The number of piperazine rings is 1. The number of hydrogen-bond donors (Lipinski definition) is 1. The molecule has 1 amide bonds. The second-order valence-electron chi connectivity index (χ2n) is 4.26. The van der Waals surface area contributed by atoms with E-state index in [9.17, 15) is 4.79 Å². The van der Waals surface area contributed by atoms with Gasteiger partial charge in [0.25, 0.3) is 0 Å². The molecule has 19 heavy (non-hydrogen) atoms. The Morgan fingerprint density at radius 1 is 1.26 bits per heavy atom. The SMILES string of the molecule is O=C(OCCO)N1CCN(c2ccccc2Cl)CC1. The fourth-order valence-corrected chi connectivity index (χ4v) is 2.32. The van der Waals surface area contributed by atoms with Crippen molar-refractivity contribution in [2.24, 2.45) is 0 Å². The van der Waals surface area contributed by atoms with Crippen molar-refractivity contribution in [1.82, 2.24) is 4.90 Å². The molecule has 6 heteroatoms. The second-order valence-corrected chi connectivity index (χ2v) is 4.67. The molecule has 1 aromatic carbocycles. The molecular formula is C13H17ClN2O3. The fraction of sp³-hybridized carbons (Fsp3) is 0.462. The molecule has 0 atom stereocenters. The summed E-state index contributed by atoms with van der Waals surface area (Å²) >= 11 is 6.15. The zero-order valence-corrected chi connectivity index (χ0v) is 11.3. The van der Waals surface area contributed by atoms with Gasteiger partial charge in [-0.05, 0) is 12.1 Å². The Labute approximate surface area is 117 Å². The Kier molecular flexibility index (Phi) is 4.87. The molecule has 0 aromatic heterocycles. The van der Waals surface area contributed by atoms with Crippen LogP contribution in [0.1, 0.15) is 0 Å². The quantitative estimate of drug-likeness (QED) is 0.916. The number of rotatable bonds is 3. The van der Waals surface area contributed by atoms with E-state index in [1.807, 2.05) is 24.3 Å². The number of amides is 1. The Bertz CT molecular complexity index is 434. The number of halogens is 1. The Morgan fingerprint density at radius 3 is 2.58 bits per heavy atom. The number of ether oxygens (including phenoxy) is 1. The molecule has 0 radical (unpaired) electrons. The number of carbonyl (C=O) groups excluding carboxylic acids is 1. The average Bonchev–Trinajstić information content (AvgIpc) is 2.45. The van der Waals surface area contributed by atoms with Crippen LogP contribution >= 0.6 is 11.6 Å². The van der Waals surface area contributed by atoms with Crippen LogP contribution in [0.2, 0.25) is 5.02 Å². The molecule has 104 valence electrons. The number of benzene rings is 1. The van der Waals surface area contributed by atoms with E-state index in [-0.39, 0.29) is 19.3 Å². The van der Waals surface area contributed by atoms with Gasteiger partial charge in [0, 0.05) is 26.2 Å². The summed E-state index contributed by atoms with van der Waals surface area (Å²) in [6, 6.07) is 7.68. The maximum Gasteiger partial charge on any atom is 0.409 e. The smallest absolute Gasteiger partial charge is 0.409 e. The van der Waals surface area contributed by atoms with Crippen molar-refractivity contribution in [2.45, 2.75) is 0 Å². The van der Waals surface area contributed by atoms with Crippen molar-refractivity contribution < 1.29 is 14.6 Å². The molecule has 0 aliphatic carbocycles. The number of anilines is 1. The lowest BCUT2D eigenvalue weighted by Gasteiger charge is -2.35. The van der Waals surface area contributed by atoms with Gasteiger partial charge in [0.15, 0.2) is 0 Å². The largest absolute Gasteiger partial charge is 0.447 e. The lowest BCUT2D eigenvalue weighted by atomic mass is 10.2. The summed E-state index contributed by atoms with van der Waals surface area (Å²) in [5, 5.41) is 9.34. The van der Waals surface area contributed by atoms with Crippen LogP contribution in [0.5, 0.6) is 0 Å². The zero-order chi connectivity index (χ0) is 13.7. The summed E-state index contributed by atoms with van der Waals surface area (Å²) in [4.78, 5) is 15.4. The van der Waals surface area contributed by atoms with Crippen LogP contribution in [0, 0.1) is 0 Å².